The molecular weight excluding hydrogens is 216 g/mol. The van der Waals surface area contributed by atoms with E-state index in [1.54, 1.807) is 0 Å². The van der Waals surface area contributed by atoms with Crippen LogP contribution in [0.15, 0.2) is 24.3 Å². The van der Waals surface area contributed by atoms with Crippen LogP contribution >= 0.6 is 0 Å². The Labute approximate surface area is 99.9 Å². The van der Waals surface area contributed by atoms with Crippen molar-refractivity contribution in [2.75, 3.05) is 5.32 Å². The second-order valence-corrected chi connectivity index (χ2v) is 4.27. The topological polar surface area (TPSA) is 91.0 Å². The van der Waals surface area contributed by atoms with Crippen LogP contribution in [0.1, 0.15) is 18.4 Å². The van der Waals surface area contributed by atoms with E-state index in [1.165, 1.54) is 0 Å². The van der Waals surface area contributed by atoms with Crippen molar-refractivity contribution in [2.45, 2.75) is 25.3 Å². The summed E-state index contributed by atoms with van der Waals surface area (Å²) in [6.07, 6.45) is 2.59. The number of rotatable bonds is 4. The third kappa shape index (κ3) is 3.79. The van der Waals surface area contributed by atoms with E-state index in [4.69, 9.17) is 11.1 Å². The van der Waals surface area contributed by atoms with Gasteiger partial charge in [0, 0.05) is 18.2 Å². The number of hydrogen-bond donors (Lipinski definition) is 4. The molecule has 0 spiro atoms. The highest BCUT2D eigenvalue weighted by Crippen LogP contribution is 2.18. The average molecular weight is 232 g/mol. The van der Waals surface area contributed by atoms with Crippen LogP contribution in [-0.2, 0) is 6.42 Å². The molecule has 0 aromatic heterocycles. The van der Waals surface area contributed by atoms with Crippen molar-refractivity contribution in [1.29, 1.82) is 5.41 Å². The van der Waals surface area contributed by atoms with Gasteiger partial charge in [-0.2, -0.15) is 0 Å². The van der Waals surface area contributed by atoms with Crippen molar-refractivity contribution in [3.8, 4) is 0 Å². The van der Waals surface area contributed by atoms with Gasteiger partial charge in [0.25, 0.3) is 0 Å². The standard InChI is InChI=1S/C12H16N4O/c13-11(14)7-8-1-3-9(4-2-8)15-12(17)16-10-5-6-10/h1-4,10H,5-7H2,(H3,13,14)(H2,15,16,17). The number of carbonyl (C=O) groups excluding carboxylic acids is 1. The van der Waals surface area contributed by atoms with Gasteiger partial charge in [0.1, 0.15) is 0 Å². The molecule has 1 aromatic rings. The lowest BCUT2D eigenvalue weighted by Gasteiger charge is -2.07. The van der Waals surface area contributed by atoms with Crippen molar-refractivity contribution in [3.05, 3.63) is 29.8 Å². The van der Waals surface area contributed by atoms with Gasteiger partial charge in [-0.1, -0.05) is 12.1 Å². The predicted octanol–water partition coefficient (Wildman–Crippen LogP) is 1.45. The summed E-state index contributed by atoms with van der Waals surface area (Å²) in [4.78, 5) is 11.4. The Hall–Kier alpha value is -2.04. The summed E-state index contributed by atoms with van der Waals surface area (Å²) in [5, 5.41) is 12.8. The number of benzene rings is 1. The number of nitrogens with two attached hydrogens (primary N) is 1. The first-order valence-electron chi connectivity index (χ1n) is 5.63. The van der Waals surface area contributed by atoms with E-state index in [2.05, 4.69) is 10.6 Å². The van der Waals surface area contributed by atoms with E-state index in [-0.39, 0.29) is 11.9 Å². The van der Waals surface area contributed by atoms with E-state index >= 15 is 0 Å². The maximum Gasteiger partial charge on any atom is 0.319 e. The van der Waals surface area contributed by atoms with Crippen LogP contribution in [0.4, 0.5) is 10.5 Å². The maximum absolute atomic E-state index is 11.4. The van der Waals surface area contributed by atoms with Gasteiger partial charge in [-0.3, -0.25) is 5.41 Å². The van der Waals surface area contributed by atoms with Crippen molar-refractivity contribution in [3.63, 3.8) is 0 Å². The van der Waals surface area contributed by atoms with Crippen LogP contribution in [0.5, 0.6) is 0 Å². The Morgan fingerprint density at radius 2 is 2.00 bits per heavy atom. The van der Waals surface area contributed by atoms with Gasteiger partial charge >= 0.3 is 6.03 Å². The molecule has 1 aromatic carbocycles. The van der Waals surface area contributed by atoms with Crippen molar-refractivity contribution in [1.82, 2.24) is 5.32 Å². The molecule has 0 unspecified atom stereocenters. The number of anilines is 1. The Balaban J connectivity index is 1.88. The largest absolute Gasteiger partial charge is 0.387 e. The number of amides is 2. The summed E-state index contributed by atoms with van der Waals surface area (Å²) in [5.41, 5.74) is 7.02. The van der Waals surface area contributed by atoms with Crippen LogP contribution in [0, 0.1) is 5.41 Å². The fourth-order valence-electron chi connectivity index (χ4n) is 1.51. The summed E-state index contributed by atoms with van der Waals surface area (Å²) in [5.74, 6) is 0.136. The number of amidine groups is 1. The lowest BCUT2D eigenvalue weighted by Crippen LogP contribution is -2.30. The summed E-state index contributed by atoms with van der Waals surface area (Å²) in [6.45, 7) is 0. The summed E-state index contributed by atoms with van der Waals surface area (Å²) in [6, 6.07) is 7.52. The number of nitrogens with one attached hydrogen (secondary N) is 3. The molecular formula is C12H16N4O. The Morgan fingerprint density at radius 1 is 1.35 bits per heavy atom. The van der Waals surface area contributed by atoms with Crippen molar-refractivity contribution >= 4 is 17.6 Å². The summed E-state index contributed by atoms with van der Waals surface area (Å²) in [7, 11) is 0. The zero-order valence-electron chi connectivity index (χ0n) is 9.49. The molecule has 0 bridgehead atoms. The van der Waals surface area contributed by atoms with E-state index in [1.807, 2.05) is 24.3 Å². The second-order valence-electron chi connectivity index (χ2n) is 4.27. The molecule has 5 nitrogen and oxygen atoms in total. The first-order chi connectivity index (χ1) is 8.13. The normalized spacial score (nSPS) is 14.1. The van der Waals surface area contributed by atoms with Gasteiger partial charge < -0.3 is 16.4 Å². The zero-order chi connectivity index (χ0) is 12.3. The molecule has 0 heterocycles. The van der Waals surface area contributed by atoms with E-state index in [0.29, 0.717) is 12.5 Å². The van der Waals surface area contributed by atoms with E-state index in [9.17, 15) is 4.79 Å². The van der Waals surface area contributed by atoms with Gasteiger partial charge in [0.2, 0.25) is 0 Å². The fourth-order valence-corrected chi connectivity index (χ4v) is 1.51. The van der Waals surface area contributed by atoms with Crippen LogP contribution in [-0.4, -0.2) is 17.9 Å². The van der Waals surface area contributed by atoms with Crippen molar-refractivity contribution < 1.29 is 4.79 Å². The quantitative estimate of drug-likeness (QED) is 0.467. The lowest BCUT2D eigenvalue weighted by atomic mass is 10.1. The first-order valence-corrected chi connectivity index (χ1v) is 5.63. The minimum Gasteiger partial charge on any atom is -0.387 e. The molecule has 1 aliphatic carbocycles. The van der Waals surface area contributed by atoms with Crippen LogP contribution < -0.4 is 16.4 Å². The molecule has 5 heteroatoms. The van der Waals surface area contributed by atoms with Gasteiger partial charge in [-0.05, 0) is 30.5 Å². The molecule has 5 N–H and O–H groups in total. The van der Waals surface area contributed by atoms with Crippen LogP contribution in [0.25, 0.3) is 0 Å². The van der Waals surface area contributed by atoms with E-state index in [0.717, 1.165) is 24.1 Å². The molecule has 2 amide bonds. The first kappa shape index (κ1) is 11.4. The molecule has 1 saturated carbocycles. The minimum atomic E-state index is -0.160. The van der Waals surface area contributed by atoms with Gasteiger partial charge in [-0.25, -0.2) is 4.79 Å². The van der Waals surface area contributed by atoms with Gasteiger partial charge in [-0.15, -0.1) is 0 Å². The van der Waals surface area contributed by atoms with Crippen molar-refractivity contribution in [2.24, 2.45) is 5.73 Å². The molecule has 0 saturated heterocycles. The molecule has 0 radical (unpaired) electrons. The second kappa shape index (κ2) is 4.86. The highest BCUT2D eigenvalue weighted by molar-refractivity contribution is 5.89. The monoisotopic (exact) mass is 232 g/mol. The van der Waals surface area contributed by atoms with E-state index < -0.39 is 0 Å². The highest BCUT2D eigenvalue weighted by atomic mass is 16.2. The highest BCUT2D eigenvalue weighted by Gasteiger charge is 2.23. The molecule has 90 valence electrons. The number of hydrogen-bond acceptors (Lipinski definition) is 2. The number of carbonyl (C=O) groups is 1. The molecule has 2 rings (SSSR count). The molecule has 0 atom stereocenters. The molecule has 17 heavy (non-hydrogen) atoms. The molecule has 1 aliphatic rings. The van der Waals surface area contributed by atoms with Gasteiger partial charge in [0.15, 0.2) is 0 Å². The van der Waals surface area contributed by atoms with Gasteiger partial charge in [0.05, 0.1) is 5.84 Å². The Bertz CT molecular complexity index is 423. The van der Waals surface area contributed by atoms with Crippen LogP contribution in [0.2, 0.25) is 0 Å². The zero-order valence-corrected chi connectivity index (χ0v) is 9.49. The van der Waals surface area contributed by atoms with Crippen LogP contribution in [0.3, 0.4) is 0 Å². The minimum absolute atomic E-state index is 0.136. The summed E-state index contributed by atoms with van der Waals surface area (Å²) < 4.78 is 0. The average Bonchev–Trinajstić information content (AvgIpc) is 3.04. The third-order valence-corrected chi connectivity index (χ3v) is 2.52. The smallest absolute Gasteiger partial charge is 0.319 e. The fraction of sp³-hybridized carbons (Fsp3) is 0.333. The summed E-state index contributed by atoms with van der Waals surface area (Å²) >= 11 is 0. The number of urea groups is 1. The lowest BCUT2D eigenvalue weighted by molar-refractivity contribution is 0.251. The third-order valence-electron chi connectivity index (χ3n) is 2.52. The SMILES string of the molecule is N=C(N)Cc1ccc(NC(=O)NC2CC2)cc1. The maximum atomic E-state index is 11.4. The Kier molecular flexibility index (Phi) is 3.27. The Morgan fingerprint density at radius 3 is 2.53 bits per heavy atom. The predicted molar refractivity (Wildman–Crippen MR) is 67.2 cm³/mol. The molecule has 1 fully saturated rings. The molecule has 0 aliphatic heterocycles.